The van der Waals surface area contributed by atoms with E-state index < -0.39 is 12.2 Å². The highest BCUT2D eigenvalue weighted by molar-refractivity contribution is 5.74. The standard InChI is InChI=1S/C7H13N3O3/c1-4(11)10-2-5(8)6(3-10)13-7(9)12/h5-6H,2-3,8H2,1H3,(H2,9,12)/t5-,6+/m1/s1. The van der Waals surface area contributed by atoms with Crippen LogP contribution in [-0.2, 0) is 9.53 Å². The van der Waals surface area contributed by atoms with Gasteiger partial charge in [-0.2, -0.15) is 0 Å². The number of amides is 2. The molecule has 1 fully saturated rings. The van der Waals surface area contributed by atoms with Crippen LogP contribution >= 0.6 is 0 Å². The minimum Gasteiger partial charge on any atom is -0.443 e. The van der Waals surface area contributed by atoms with E-state index in [1.165, 1.54) is 11.8 Å². The number of primary amides is 1. The van der Waals surface area contributed by atoms with Gasteiger partial charge in [-0.05, 0) is 0 Å². The van der Waals surface area contributed by atoms with Crippen LogP contribution in [0.3, 0.4) is 0 Å². The molecule has 74 valence electrons. The van der Waals surface area contributed by atoms with Crippen molar-refractivity contribution >= 4 is 12.0 Å². The fourth-order valence-corrected chi connectivity index (χ4v) is 1.33. The van der Waals surface area contributed by atoms with Gasteiger partial charge < -0.3 is 21.1 Å². The first-order valence-electron chi connectivity index (χ1n) is 3.98. The van der Waals surface area contributed by atoms with Crippen LogP contribution in [0, 0.1) is 0 Å². The fraction of sp³-hybridized carbons (Fsp3) is 0.714. The van der Waals surface area contributed by atoms with Crippen molar-refractivity contribution in [1.82, 2.24) is 4.90 Å². The Morgan fingerprint density at radius 3 is 2.46 bits per heavy atom. The molecule has 0 aromatic heterocycles. The third-order valence-corrected chi connectivity index (χ3v) is 2.02. The van der Waals surface area contributed by atoms with Gasteiger partial charge in [0.1, 0.15) is 6.10 Å². The number of likely N-dealkylation sites (tertiary alicyclic amines) is 1. The zero-order valence-electron chi connectivity index (χ0n) is 7.40. The molecule has 1 saturated heterocycles. The maximum Gasteiger partial charge on any atom is 0.404 e. The van der Waals surface area contributed by atoms with E-state index in [2.05, 4.69) is 0 Å². The molecule has 1 heterocycles. The molecule has 0 bridgehead atoms. The molecule has 4 N–H and O–H groups in total. The summed E-state index contributed by atoms with van der Waals surface area (Å²) in [5, 5.41) is 0. The average Bonchev–Trinajstić information content (AvgIpc) is 2.31. The largest absolute Gasteiger partial charge is 0.443 e. The first-order chi connectivity index (χ1) is 6.00. The summed E-state index contributed by atoms with van der Waals surface area (Å²) >= 11 is 0. The van der Waals surface area contributed by atoms with Crippen LogP contribution in [0.15, 0.2) is 0 Å². The Morgan fingerprint density at radius 2 is 2.08 bits per heavy atom. The number of carbonyl (C=O) groups excluding carboxylic acids is 2. The van der Waals surface area contributed by atoms with Crippen molar-refractivity contribution in [3.05, 3.63) is 0 Å². The topological polar surface area (TPSA) is 98.7 Å². The summed E-state index contributed by atoms with van der Waals surface area (Å²) in [6.45, 7) is 2.19. The van der Waals surface area contributed by atoms with Gasteiger partial charge in [0.25, 0.3) is 0 Å². The molecule has 2 amide bonds. The van der Waals surface area contributed by atoms with Crippen molar-refractivity contribution in [2.75, 3.05) is 13.1 Å². The Hall–Kier alpha value is -1.30. The van der Waals surface area contributed by atoms with E-state index in [4.69, 9.17) is 16.2 Å². The fourth-order valence-electron chi connectivity index (χ4n) is 1.33. The molecule has 13 heavy (non-hydrogen) atoms. The molecule has 6 heteroatoms. The highest BCUT2D eigenvalue weighted by Gasteiger charge is 2.33. The summed E-state index contributed by atoms with van der Waals surface area (Å²) < 4.78 is 4.72. The summed E-state index contributed by atoms with van der Waals surface area (Å²) in [5.74, 6) is -0.0778. The molecule has 1 aliphatic heterocycles. The molecule has 6 nitrogen and oxygen atoms in total. The zero-order valence-corrected chi connectivity index (χ0v) is 7.40. The van der Waals surface area contributed by atoms with Crippen LogP contribution in [0.1, 0.15) is 6.92 Å². The van der Waals surface area contributed by atoms with Gasteiger partial charge in [0.05, 0.1) is 12.6 Å². The highest BCUT2D eigenvalue weighted by Crippen LogP contribution is 2.11. The van der Waals surface area contributed by atoms with E-state index in [9.17, 15) is 9.59 Å². The monoisotopic (exact) mass is 187 g/mol. The lowest BCUT2D eigenvalue weighted by Crippen LogP contribution is -2.37. The second-order valence-corrected chi connectivity index (χ2v) is 3.06. The number of rotatable bonds is 1. The molecule has 0 aromatic rings. The first kappa shape index (κ1) is 9.79. The van der Waals surface area contributed by atoms with E-state index in [0.717, 1.165) is 0 Å². The van der Waals surface area contributed by atoms with Crippen molar-refractivity contribution in [3.8, 4) is 0 Å². The molecule has 2 atom stereocenters. The van der Waals surface area contributed by atoms with E-state index in [-0.39, 0.29) is 11.9 Å². The number of nitrogens with zero attached hydrogens (tertiary/aromatic N) is 1. The van der Waals surface area contributed by atoms with Gasteiger partial charge in [0.15, 0.2) is 0 Å². The molecule has 0 aliphatic carbocycles. The number of ether oxygens (including phenoxy) is 1. The molecular formula is C7H13N3O3. The minimum atomic E-state index is -0.856. The molecule has 0 saturated carbocycles. The second-order valence-electron chi connectivity index (χ2n) is 3.06. The molecule has 1 rings (SSSR count). The lowest BCUT2D eigenvalue weighted by Gasteiger charge is -2.13. The van der Waals surface area contributed by atoms with Crippen LogP contribution in [0.4, 0.5) is 4.79 Å². The molecule has 0 radical (unpaired) electrons. The van der Waals surface area contributed by atoms with Gasteiger partial charge in [-0.3, -0.25) is 4.79 Å². The average molecular weight is 187 g/mol. The summed E-state index contributed by atoms with van der Waals surface area (Å²) in [7, 11) is 0. The maximum atomic E-state index is 10.9. The van der Waals surface area contributed by atoms with E-state index in [0.29, 0.717) is 13.1 Å². The predicted octanol–water partition coefficient (Wildman–Crippen LogP) is -1.36. The number of carbonyl (C=O) groups is 2. The van der Waals surface area contributed by atoms with Gasteiger partial charge in [0, 0.05) is 13.5 Å². The number of hydrogen-bond acceptors (Lipinski definition) is 4. The van der Waals surface area contributed by atoms with E-state index >= 15 is 0 Å². The first-order valence-corrected chi connectivity index (χ1v) is 3.98. The van der Waals surface area contributed by atoms with Crippen LogP contribution in [0.5, 0.6) is 0 Å². The smallest absolute Gasteiger partial charge is 0.404 e. The second kappa shape index (κ2) is 3.61. The Kier molecular flexibility index (Phi) is 2.72. The van der Waals surface area contributed by atoms with E-state index in [1.807, 2.05) is 0 Å². The Bertz CT molecular complexity index is 231. The maximum absolute atomic E-state index is 10.9. The highest BCUT2D eigenvalue weighted by atomic mass is 16.6. The Balaban J connectivity index is 2.51. The Labute approximate surface area is 75.8 Å². The van der Waals surface area contributed by atoms with Crippen molar-refractivity contribution in [3.63, 3.8) is 0 Å². The van der Waals surface area contributed by atoms with Crippen molar-refractivity contribution < 1.29 is 14.3 Å². The van der Waals surface area contributed by atoms with Crippen LogP contribution < -0.4 is 11.5 Å². The molecule has 0 unspecified atom stereocenters. The summed E-state index contributed by atoms with van der Waals surface area (Å²) in [6.07, 6.45) is -1.33. The summed E-state index contributed by atoms with van der Waals surface area (Å²) in [4.78, 5) is 22.9. The van der Waals surface area contributed by atoms with Crippen LogP contribution in [0.25, 0.3) is 0 Å². The molecule has 0 spiro atoms. The third kappa shape index (κ3) is 2.32. The predicted molar refractivity (Wildman–Crippen MR) is 44.7 cm³/mol. The summed E-state index contributed by atoms with van der Waals surface area (Å²) in [6, 6.07) is -0.337. The molecular weight excluding hydrogens is 174 g/mol. The van der Waals surface area contributed by atoms with Crippen LogP contribution in [-0.4, -0.2) is 42.1 Å². The van der Waals surface area contributed by atoms with Crippen molar-refractivity contribution in [2.45, 2.75) is 19.1 Å². The van der Waals surface area contributed by atoms with Crippen LogP contribution in [0.2, 0.25) is 0 Å². The third-order valence-electron chi connectivity index (χ3n) is 2.02. The molecule has 1 aliphatic rings. The van der Waals surface area contributed by atoms with Gasteiger partial charge in [0.2, 0.25) is 5.91 Å². The van der Waals surface area contributed by atoms with Gasteiger partial charge >= 0.3 is 6.09 Å². The lowest BCUT2D eigenvalue weighted by atomic mass is 10.2. The zero-order chi connectivity index (χ0) is 10.0. The lowest BCUT2D eigenvalue weighted by molar-refractivity contribution is -0.128. The van der Waals surface area contributed by atoms with E-state index in [1.54, 1.807) is 0 Å². The quantitative estimate of drug-likeness (QED) is 0.529. The SMILES string of the molecule is CC(=O)N1C[C@@H](N)[C@@H](OC(N)=O)C1. The van der Waals surface area contributed by atoms with Gasteiger partial charge in [-0.25, -0.2) is 4.79 Å². The summed E-state index contributed by atoms with van der Waals surface area (Å²) in [5.41, 5.74) is 10.5. The molecule has 0 aromatic carbocycles. The Morgan fingerprint density at radius 1 is 1.46 bits per heavy atom. The van der Waals surface area contributed by atoms with Gasteiger partial charge in [-0.1, -0.05) is 0 Å². The number of nitrogens with two attached hydrogens (primary N) is 2. The minimum absolute atomic E-state index is 0.0778. The van der Waals surface area contributed by atoms with Crippen molar-refractivity contribution in [2.24, 2.45) is 11.5 Å². The van der Waals surface area contributed by atoms with Crippen molar-refractivity contribution in [1.29, 1.82) is 0 Å². The normalized spacial score (nSPS) is 27.4. The van der Waals surface area contributed by atoms with Gasteiger partial charge in [-0.15, -0.1) is 0 Å². The number of hydrogen-bond donors (Lipinski definition) is 2.